The first kappa shape index (κ1) is 14.8. The highest BCUT2D eigenvalue weighted by atomic mass is 16.5. The summed E-state index contributed by atoms with van der Waals surface area (Å²) in [5, 5.41) is 0. The van der Waals surface area contributed by atoms with Gasteiger partial charge in [0.1, 0.15) is 5.75 Å². The van der Waals surface area contributed by atoms with Crippen molar-refractivity contribution in [2.75, 3.05) is 6.61 Å². The fourth-order valence-corrected chi connectivity index (χ4v) is 1.80. The van der Waals surface area contributed by atoms with Gasteiger partial charge in [0.2, 0.25) is 0 Å². The molecule has 0 unspecified atom stereocenters. The SMILES string of the molecule is C=CCCCCCOc1ccc([C@@H](N)CC)cc1. The molecule has 0 saturated heterocycles. The molecule has 1 aromatic rings. The van der Waals surface area contributed by atoms with E-state index in [1.54, 1.807) is 0 Å². The molecule has 0 aliphatic rings. The van der Waals surface area contributed by atoms with Gasteiger partial charge >= 0.3 is 0 Å². The number of nitrogens with two attached hydrogens (primary N) is 1. The summed E-state index contributed by atoms with van der Waals surface area (Å²) in [7, 11) is 0. The van der Waals surface area contributed by atoms with Gasteiger partial charge in [-0.15, -0.1) is 6.58 Å². The van der Waals surface area contributed by atoms with Crippen molar-refractivity contribution in [3.63, 3.8) is 0 Å². The number of hydrogen-bond donors (Lipinski definition) is 1. The van der Waals surface area contributed by atoms with Crippen LogP contribution in [0.1, 0.15) is 50.6 Å². The van der Waals surface area contributed by atoms with E-state index < -0.39 is 0 Å². The van der Waals surface area contributed by atoms with E-state index in [0.717, 1.165) is 31.6 Å². The maximum absolute atomic E-state index is 5.96. The Bertz CT molecular complexity index is 331. The summed E-state index contributed by atoms with van der Waals surface area (Å²) in [6.45, 7) is 6.60. The lowest BCUT2D eigenvalue weighted by Gasteiger charge is -2.10. The third-order valence-corrected chi connectivity index (χ3v) is 3.07. The molecule has 100 valence electrons. The van der Waals surface area contributed by atoms with E-state index >= 15 is 0 Å². The predicted molar refractivity (Wildman–Crippen MR) is 77.8 cm³/mol. The van der Waals surface area contributed by atoms with E-state index in [0.29, 0.717) is 0 Å². The van der Waals surface area contributed by atoms with Crippen LogP contribution in [0.15, 0.2) is 36.9 Å². The monoisotopic (exact) mass is 247 g/mol. The van der Waals surface area contributed by atoms with Crippen LogP contribution in [0.2, 0.25) is 0 Å². The fraction of sp³-hybridized carbons (Fsp3) is 0.500. The average Bonchev–Trinajstić information content (AvgIpc) is 2.42. The molecule has 0 aliphatic heterocycles. The zero-order valence-corrected chi connectivity index (χ0v) is 11.4. The van der Waals surface area contributed by atoms with Crippen molar-refractivity contribution in [1.82, 2.24) is 0 Å². The molecule has 1 rings (SSSR count). The number of allylic oxidation sites excluding steroid dienone is 1. The minimum atomic E-state index is 0.137. The summed E-state index contributed by atoms with van der Waals surface area (Å²) < 4.78 is 5.69. The molecule has 0 saturated carbocycles. The first-order chi connectivity index (χ1) is 8.77. The van der Waals surface area contributed by atoms with E-state index in [4.69, 9.17) is 10.5 Å². The zero-order valence-electron chi connectivity index (χ0n) is 11.4. The van der Waals surface area contributed by atoms with Crippen molar-refractivity contribution in [1.29, 1.82) is 0 Å². The highest BCUT2D eigenvalue weighted by Crippen LogP contribution is 2.18. The zero-order chi connectivity index (χ0) is 13.2. The molecule has 1 atom stereocenters. The Balaban J connectivity index is 2.24. The topological polar surface area (TPSA) is 35.2 Å². The van der Waals surface area contributed by atoms with E-state index in [-0.39, 0.29) is 6.04 Å². The Morgan fingerprint density at radius 2 is 1.94 bits per heavy atom. The molecule has 2 nitrogen and oxygen atoms in total. The second kappa shape index (κ2) is 8.76. The van der Waals surface area contributed by atoms with Gasteiger partial charge in [0, 0.05) is 6.04 Å². The summed E-state index contributed by atoms with van der Waals surface area (Å²) in [6.07, 6.45) is 7.54. The number of hydrogen-bond acceptors (Lipinski definition) is 2. The molecule has 0 aromatic heterocycles. The molecule has 0 bridgehead atoms. The molecule has 1 aromatic carbocycles. The number of benzene rings is 1. The van der Waals surface area contributed by atoms with Gasteiger partial charge < -0.3 is 10.5 Å². The Hall–Kier alpha value is -1.28. The van der Waals surface area contributed by atoms with Crippen molar-refractivity contribution >= 4 is 0 Å². The summed E-state index contributed by atoms with van der Waals surface area (Å²) in [5.41, 5.74) is 7.14. The fourth-order valence-electron chi connectivity index (χ4n) is 1.80. The smallest absolute Gasteiger partial charge is 0.119 e. The van der Waals surface area contributed by atoms with Crippen LogP contribution in [0.25, 0.3) is 0 Å². The highest BCUT2D eigenvalue weighted by Gasteiger charge is 2.02. The summed E-state index contributed by atoms with van der Waals surface area (Å²) in [6, 6.07) is 8.27. The second-order valence-electron chi connectivity index (χ2n) is 4.57. The third-order valence-electron chi connectivity index (χ3n) is 3.07. The van der Waals surface area contributed by atoms with Gasteiger partial charge in [0.25, 0.3) is 0 Å². The average molecular weight is 247 g/mol. The second-order valence-corrected chi connectivity index (χ2v) is 4.57. The Labute approximate surface area is 111 Å². The van der Waals surface area contributed by atoms with Crippen molar-refractivity contribution in [2.24, 2.45) is 5.73 Å². The van der Waals surface area contributed by atoms with Crippen molar-refractivity contribution in [2.45, 2.75) is 45.1 Å². The predicted octanol–water partition coefficient (Wildman–Crippen LogP) is 4.22. The molecule has 0 spiro atoms. The first-order valence-electron chi connectivity index (χ1n) is 6.87. The Morgan fingerprint density at radius 1 is 1.22 bits per heavy atom. The van der Waals surface area contributed by atoms with Crippen LogP contribution in [0.4, 0.5) is 0 Å². The molecular formula is C16H25NO. The largest absolute Gasteiger partial charge is 0.494 e. The maximum Gasteiger partial charge on any atom is 0.119 e. The Kier molecular flexibility index (Phi) is 7.19. The molecule has 0 heterocycles. The molecule has 0 fully saturated rings. The summed E-state index contributed by atoms with van der Waals surface area (Å²) in [4.78, 5) is 0. The van der Waals surface area contributed by atoms with Crippen LogP contribution in [-0.4, -0.2) is 6.61 Å². The van der Waals surface area contributed by atoms with E-state index in [1.165, 1.54) is 18.4 Å². The molecule has 0 aliphatic carbocycles. The summed E-state index contributed by atoms with van der Waals surface area (Å²) in [5.74, 6) is 0.936. The number of rotatable bonds is 9. The van der Waals surface area contributed by atoms with Crippen LogP contribution in [0.3, 0.4) is 0 Å². The van der Waals surface area contributed by atoms with Crippen molar-refractivity contribution < 1.29 is 4.74 Å². The first-order valence-corrected chi connectivity index (χ1v) is 6.87. The molecule has 18 heavy (non-hydrogen) atoms. The van der Waals surface area contributed by atoms with Crippen LogP contribution in [0.5, 0.6) is 5.75 Å². The highest BCUT2D eigenvalue weighted by molar-refractivity contribution is 5.28. The Morgan fingerprint density at radius 3 is 2.56 bits per heavy atom. The lowest BCUT2D eigenvalue weighted by molar-refractivity contribution is 0.305. The van der Waals surface area contributed by atoms with Gasteiger partial charge in [-0.1, -0.05) is 25.1 Å². The number of ether oxygens (including phenoxy) is 1. The van der Waals surface area contributed by atoms with Gasteiger partial charge in [-0.2, -0.15) is 0 Å². The van der Waals surface area contributed by atoms with E-state index in [9.17, 15) is 0 Å². The van der Waals surface area contributed by atoms with Crippen LogP contribution in [0, 0.1) is 0 Å². The van der Waals surface area contributed by atoms with Gasteiger partial charge in [0.15, 0.2) is 0 Å². The standard InChI is InChI=1S/C16H25NO/c1-3-5-6-7-8-13-18-15-11-9-14(10-12-15)16(17)4-2/h3,9-12,16H,1,4-8,13,17H2,2H3/t16-/m0/s1. The van der Waals surface area contributed by atoms with Gasteiger partial charge in [0.05, 0.1) is 6.61 Å². The molecule has 2 N–H and O–H groups in total. The number of unbranched alkanes of at least 4 members (excludes halogenated alkanes) is 3. The van der Waals surface area contributed by atoms with Gasteiger partial charge in [-0.05, 0) is 49.8 Å². The van der Waals surface area contributed by atoms with E-state index in [2.05, 4.69) is 25.6 Å². The molecule has 2 heteroatoms. The van der Waals surface area contributed by atoms with Crippen molar-refractivity contribution in [3.05, 3.63) is 42.5 Å². The minimum Gasteiger partial charge on any atom is -0.494 e. The summed E-state index contributed by atoms with van der Waals surface area (Å²) >= 11 is 0. The lowest BCUT2D eigenvalue weighted by atomic mass is 10.1. The maximum atomic E-state index is 5.96. The minimum absolute atomic E-state index is 0.137. The van der Waals surface area contributed by atoms with Gasteiger partial charge in [-0.3, -0.25) is 0 Å². The molecular weight excluding hydrogens is 222 g/mol. The molecule has 0 radical (unpaired) electrons. The van der Waals surface area contributed by atoms with Crippen LogP contribution < -0.4 is 10.5 Å². The van der Waals surface area contributed by atoms with Crippen molar-refractivity contribution in [3.8, 4) is 5.75 Å². The molecule has 0 amide bonds. The van der Waals surface area contributed by atoms with E-state index in [1.807, 2.05) is 18.2 Å². The third kappa shape index (κ3) is 5.37. The van der Waals surface area contributed by atoms with Crippen LogP contribution >= 0.6 is 0 Å². The lowest BCUT2D eigenvalue weighted by Crippen LogP contribution is -2.08. The normalized spacial score (nSPS) is 12.1. The quantitative estimate of drug-likeness (QED) is 0.524. The van der Waals surface area contributed by atoms with Gasteiger partial charge in [-0.25, -0.2) is 0 Å². The van der Waals surface area contributed by atoms with Crippen LogP contribution in [-0.2, 0) is 0 Å².